The molecule has 0 aliphatic heterocycles. The smallest absolute Gasteiger partial charge is 0.272 e. The van der Waals surface area contributed by atoms with Crippen LogP contribution in [0.25, 0.3) is 0 Å². The van der Waals surface area contributed by atoms with E-state index in [-0.39, 0.29) is 4.90 Å². The Labute approximate surface area is 124 Å². The Bertz CT molecular complexity index is 682. The molecule has 0 spiro atoms. The summed E-state index contributed by atoms with van der Waals surface area (Å²) in [4.78, 5) is 2.92. The molecule has 0 radical (unpaired) electrons. The zero-order valence-electron chi connectivity index (χ0n) is 11.7. The van der Waals surface area contributed by atoms with Gasteiger partial charge in [0.2, 0.25) is 10.0 Å². The monoisotopic (exact) mass is 308 g/mol. The zero-order chi connectivity index (χ0) is 15.3. The second-order valence-corrected chi connectivity index (χ2v) is 6.07. The lowest BCUT2D eigenvalue weighted by Gasteiger charge is -2.03. The van der Waals surface area contributed by atoms with Gasteiger partial charge in [0.15, 0.2) is 0 Å². The van der Waals surface area contributed by atoms with E-state index in [1.807, 2.05) is 24.3 Å². The van der Waals surface area contributed by atoms with Gasteiger partial charge in [-0.25, -0.2) is 18.5 Å². The summed E-state index contributed by atoms with van der Waals surface area (Å²) in [6.07, 6.45) is 2.21. The van der Waals surface area contributed by atoms with Crippen molar-refractivity contribution in [2.45, 2.75) is 11.3 Å². The molecular formula is C14H18N3O3S+. The molecule has 21 heavy (non-hydrogen) atoms. The first-order valence-electron chi connectivity index (χ1n) is 6.40. The number of benzene rings is 1. The molecule has 7 heteroatoms. The van der Waals surface area contributed by atoms with Crippen LogP contribution in [-0.4, -0.2) is 22.1 Å². The number of H-pyrrole nitrogens is 1. The number of ether oxygens (including phenoxy) is 1. The second-order valence-electron chi connectivity index (χ2n) is 4.51. The number of aromatic amines is 1. The number of sulfonamides is 1. The van der Waals surface area contributed by atoms with Gasteiger partial charge in [0.25, 0.3) is 5.82 Å². The molecule has 0 saturated carbocycles. The topological polar surface area (TPSA) is 95.6 Å². The number of rotatable bonds is 6. The van der Waals surface area contributed by atoms with E-state index < -0.39 is 10.0 Å². The average Bonchev–Trinajstić information content (AvgIpc) is 2.47. The molecule has 0 saturated heterocycles. The van der Waals surface area contributed by atoms with Gasteiger partial charge in [0.05, 0.1) is 13.7 Å². The maximum atomic E-state index is 11.1. The van der Waals surface area contributed by atoms with E-state index in [0.29, 0.717) is 0 Å². The summed E-state index contributed by atoms with van der Waals surface area (Å²) in [5.41, 5.74) is 1.18. The van der Waals surface area contributed by atoms with Crippen LogP contribution in [0.1, 0.15) is 5.56 Å². The number of methoxy groups -OCH3 is 1. The lowest BCUT2D eigenvalue weighted by atomic mass is 10.1. The molecule has 0 fully saturated rings. The summed E-state index contributed by atoms with van der Waals surface area (Å²) in [5.74, 6) is 1.56. The van der Waals surface area contributed by atoms with Gasteiger partial charge >= 0.3 is 0 Å². The van der Waals surface area contributed by atoms with Gasteiger partial charge in [-0.15, -0.1) is 0 Å². The van der Waals surface area contributed by atoms with E-state index >= 15 is 0 Å². The van der Waals surface area contributed by atoms with Crippen molar-refractivity contribution < 1.29 is 18.1 Å². The van der Waals surface area contributed by atoms with Gasteiger partial charge in [-0.1, -0.05) is 12.1 Å². The highest BCUT2D eigenvalue weighted by Gasteiger charge is 2.10. The van der Waals surface area contributed by atoms with E-state index in [1.54, 1.807) is 13.2 Å². The Kier molecular flexibility index (Phi) is 4.77. The number of hydrogen-bond acceptors (Lipinski definition) is 4. The number of anilines is 1. The van der Waals surface area contributed by atoms with Crippen molar-refractivity contribution in [3.8, 4) is 5.75 Å². The van der Waals surface area contributed by atoms with Crippen LogP contribution in [0.4, 0.5) is 5.82 Å². The summed E-state index contributed by atoms with van der Waals surface area (Å²) in [6, 6.07) is 11.0. The molecule has 2 aromatic rings. The minimum Gasteiger partial charge on any atom is -0.497 e. The molecule has 0 amide bonds. The van der Waals surface area contributed by atoms with Crippen LogP contribution in [0.3, 0.4) is 0 Å². The summed E-state index contributed by atoms with van der Waals surface area (Å²) in [5, 5.41) is 8.21. The lowest BCUT2D eigenvalue weighted by molar-refractivity contribution is -0.364. The van der Waals surface area contributed by atoms with Gasteiger partial charge < -0.3 is 4.74 Å². The van der Waals surface area contributed by atoms with Gasteiger partial charge in [-0.2, -0.15) is 0 Å². The predicted octanol–water partition coefficient (Wildman–Crippen LogP) is 0.811. The van der Waals surface area contributed by atoms with Crippen molar-refractivity contribution in [3.05, 3.63) is 48.2 Å². The molecule has 6 nitrogen and oxygen atoms in total. The highest BCUT2D eigenvalue weighted by Crippen LogP contribution is 2.12. The van der Waals surface area contributed by atoms with Crippen molar-refractivity contribution in [2.24, 2.45) is 5.14 Å². The quantitative estimate of drug-likeness (QED) is 0.825. The summed E-state index contributed by atoms with van der Waals surface area (Å²) < 4.78 is 27.3. The lowest BCUT2D eigenvalue weighted by Crippen LogP contribution is -2.19. The second kappa shape index (κ2) is 6.55. The van der Waals surface area contributed by atoms with Gasteiger partial charge in [-0.05, 0) is 23.8 Å². The van der Waals surface area contributed by atoms with Crippen molar-refractivity contribution in [1.29, 1.82) is 0 Å². The van der Waals surface area contributed by atoms with Crippen LogP contribution in [-0.2, 0) is 16.4 Å². The third kappa shape index (κ3) is 4.44. The van der Waals surface area contributed by atoms with E-state index in [0.717, 1.165) is 24.5 Å². The molecule has 112 valence electrons. The molecule has 0 aliphatic carbocycles. The van der Waals surface area contributed by atoms with Crippen molar-refractivity contribution in [3.63, 3.8) is 0 Å². The Morgan fingerprint density at radius 3 is 2.43 bits per heavy atom. The Hall–Kier alpha value is -2.12. The third-order valence-electron chi connectivity index (χ3n) is 3.00. The van der Waals surface area contributed by atoms with Crippen molar-refractivity contribution in [1.82, 2.24) is 0 Å². The van der Waals surface area contributed by atoms with Crippen LogP contribution in [0, 0.1) is 0 Å². The van der Waals surface area contributed by atoms with Gasteiger partial charge in [0, 0.05) is 12.5 Å². The summed E-state index contributed by atoms with van der Waals surface area (Å²) in [7, 11) is -2.02. The van der Waals surface area contributed by atoms with E-state index in [2.05, 4.69) is 10.3 Å². The first-order chi connectivity index (χ1) is 9.99. The minimum atomic E-state index is -3.66. The van der Waals surface area contributed by atoms with Crippen LogP contribution < -0.4 is 20.2 Å². The molecule has 4 N–H and O–H groups in total. The standard InChI is InChI=1S/C14H17N3O3S/c1-20-12-4-2-11(3-5-12)8-9-16-14-7-6-13(10-17-14)21(15,18)19/h2-7,10H,8-9H2,1H3,(H,16,17)(H2,15,18,19)/p+1. The number of primary sulfonamides is 1. The van der Waals surface area contributed by atoms with Gasteiger partial charge in [0.1, 0.15) is 16.8 Å². The van der Waals surface area contributed by atoms with Crippen LogP contribution in [0.15, 0.2) is 47.5 Å². The molecule has 0 bridgehead atoms. The fourth-order valence-electron chi connectivity index (χ4n) is 1.83. The first kappa shape index (κ1) is 15.3. The maximum Gasteiger partial charge on any atom is 0.272 e. The Morgan fingerprint density at radius 1 is 1.19 bits per heavy atom. The molecule has 0 aliphatic rings. The van der Waals surface area contributed by atoms with Crippen molar-refractivity contribution >= 4 is 15.8 Å². The number of nitrogens with one attached hydrogen (secondary N) is 2. The number of nitrogens with two attached hydrogens (primary N) is 1. The third-order valence-corrected chi connectivity index (χ3v) is 3.91. The number of aromatic nitrogens is 1. The maximum absolute atomic E-state index is 11.1. The highest BCUT2D eigenvalue weighted by molar-refractivity contribution is 7.89. The minimum absolute atomic E-state index is 0.0585. The van der Waals surface area contributed by atoms with E-state index in [9.17, 15) is 8.42 Å². The number of hydrogen-bond donors (Lipinski definition) is 2. The first-order valence-corrected chi connectivity index (χ1v) is 7.95. The van der Waals surface area contributed by atoms with Crippen LogP contribution >= 0.6 is 0 Å². The zero-order valence-corrected chi connectivity index (χ0v) is 12.5. The molecular weight excluding hydrogens is 290 g/mol. The van der Waals surface area contributed by atoms with Gasteiger partial charge in [-0.3, -0.25) is 5.32 Å². The molecule has 0 atom stereocenters. The average molecular weight is 308 g/mol. The van der Waals surface area contributed by atoms with Crippen molar-refractivity contribution in [2.75, 3.05) is 19.0 Å². The largest absolute Gasteiger partial charge is 0.497 e. The fourth-order valence-corrected chi connectivity index (χ4v) is 2.31. The SMILES string of the molecule is COc1ccc(CCNc2ccc(S(N)(=O)=O)c[nH+]2)cc1. The summed E-state index contributed by atoms with van der Waals surface area (Å²) in [6.45, 7) is 0.720. The van der Waals surface area contributed by atoms with E-state index in [1.165, 1.54) is 17.8 Å². The predicted molar refractivity (Wildman–Crippen MR) is 79.6 cm³/mol. The van der Waals surface area contributed by atoms with Crippen LogP contribution in [0.5, 0.6) is 5.75 Å². The number of pyridine rings is 1. The Morgan fingerprint density at radius 2 is 1.90 bits per heavy atom. The summed E-state index contributed by atoms with van der Waals surface area (Å²) >= 11 is 0. The fraction of sp³-hybridized carbons (Fsp3) is 0.214. The highest BCUT2D eigenvalue weighted by atomic mass is 32.2. The Balaban J connectivity index is 1.88. The molecule has 1 aromatic heterocycles. The van der Waals surface area contributed by atoms with E-state index in [4.69, 9.17) is 9.88 Å². The normalized spacial score (nSPS) is 11.1. The molecule has 1 heterocycles. The molecule has 0 unspecified atom stereocenters. The molecule has 2 rings (SSSR count). The van der Waals surface area contributed by atoms with Crippen LogP contribution in [0.2, 0.25) is 0 Å². The molecule has 1 aromatic carbocycles.